The van der Waals surface area contributed by atoms with Crippen LogP contribution in [0.15, 0.2) is 48.5 Å². The molecule has 0 nitrogen and oxygen atoms in total. The molecule has 0 fully saturated rings. The zero-order chi connectivity index (χ0) is 14.9. The number of rotatable bonds is 8. The average molecular weight is 394 g/mol. The third-order valence-electron chi connectivity index (χ3n) is 3.76. The predicted octanol–water partition coefficient (Wildman–Crippen LogP) is 4.03. The van der Waals surface area contributed by atoms with Gasteiger partial charge in [-0.05, 0) is 0 Å². The Morgan fingerprint density at radius 3 is 1.52 bits per heavy atom. The summed E-state index contributed by atoms with van der Waals surface area (Å²) in [5.74, 6) is 0. The van der Waals surface area contributed by atoms with Gasteiger partial charge in [0.15, 0.2) is 0 Å². The van der Waals surface area contributed by atoms with E-state index in [9.17, 15) is 0 Å². The van der Waals surface area contributed by atoms with Crippen LogP contribution < -0.4 is 7.22 Å². The van der Waals surface area contributed by atoms with Gasteiger partial charge in [-0.25, -0.2) is 0 Å². The average Bonchev–Trinajstić information content (AvgIpc) is 2.53. The Labute approximate surface area is 140 Å². The summed E-state index contributed by atoms with van der Waals surface area (Å²) in [5, 5.41) is 0. The van der Waals surface area contributed by atoms with Crippen molar-refractivity contribution in [2.45, 2.75) is 52.4 Å². The molecule has 0 aliphatic heterocycles. The van der Waals surface area contributed by atoms with E-state index < -0.39 is 0 Å². The van der Waals surface area contributed by atoms with Crippen LogP contribution in [-0.2, 0) is 12.8 Å². The quantitative estimate of drug-likeness (QED) is 0.594. The van der Waals surface area contributed by atoms with Crippen molar-refractivity contribution in [2.75, 3.05) is 0 Å². The molecule has 0 aliphatic rings. The predicted molar refractivity (Wildman–Crippen MR) is 95.1 cm³/mol. The Morgan fingerprint density at radius 1 is 0.667 bits per heavy atom. The first kappa shape index (κ1) is 16.6. The molecule has 0 spiro atoms. The Hall–Kier alpha value is -0.770. The number of benzene rings is 2. The van der Waals surface area contributed by atoms with Gasteiger partial charge in [0, 0.05) is 0 Å². The normalized spacial score (nSPS) is 10.8. The Kier molecular flexibility index (Phi) is 7.34. The van der Waals surface area contributed by atoms with Crippen molar-refractivity contribution < 1.29 is 0 Å². The van der Waals surface area contributed by atoms with Gasteiger partial charge in [0.05, 0.1) is 0 Å². The summed E-state index contributed by atoms with van der Waals surface area (Å²) >= 11 is -0.256. The fraction of sp³-hybridized carbons (Fsp3) is 0.400. The van der Waals surface area contributed by atoms with Crippen LogP contribution in [0.1, 0.15) is 50.7 Å². The summed E-state index contributed by atoms with van der Waals surface area (Å²) in [6, 6.07) is 18.2. The number of aryl methyl sites for hydroxylation is 2. The summed E-state index contributed by atoms with van der Waals surface area (Å²) in [6.07, 6.45) is 7.66. The van der Waals surface area contributed by atoms with Gasteiger partial charge >= 0.3 is 140 Å². The van der Waals surface area contributed by atoms with E-state index in [0.29, 0.717) is 0 Å². The molecule has 112 valence electrons. The van der Waals surface area contributed by atoms with Crippen LogP contribution in [-0.4, -0.2) is 20.9 Å². The van der Waals surface area contributed by atoms with Crippen LogP contribution in [0.4, 0.5) is 0 Å². The van der Waals surface area contributed by atoms with E-state index >= 15 is 0 Å². The fourth-order valence-corrected chi connectivity index (χ4v) is 5.71. The van der Waals surface area contributed by atoms with Gasteiger partial charge in [-0.2, -0.15) is 0 Å². The Balaban J connectivity index is 2.18. The van der Waals surface area contributed by atoms with E-state index in [1.54, 1.807) is 18.3 Å². The molecule has 21 heavy (non-hydrogen) atoms. The molecule has 0 saturated carbocycles. The minimum atomic E-state index is -0.256. The number of hydrogen-bond donors (Lipinski definition) is 0. The SMILES string of the molecule is CCCCc1ccccc1[Te]c1ccccc1CCCC. The zero-order valence-corrected chi connectivity index (χ0v) is 15.6. The molecule has 0 bridgehead atoms. The Bertz CT molecular complexity index is 496. The zero-order valence-electron chi connectivity index (χ0n) is 13.3. The van der Waals surface area contributed by atoms with Gasteiger partial charge in [0.2, 0.25) is 0 Å². The minimum absolute atomic E-state index is 0.256. The Morgan fingerprint density at radius 2 is 1.10 bits per heavy atom. The van der Waals surface area contributed by atoms with Crippen LogP contribution >= 0.6 is 0 Å². The molecule has 1 heteroatoms. The first-order valence-electron chi connectivity index (χ1n) is 8.18. The molecule has 0 heterocycles. The summed E-state index contributed by atoms with van der Waals surface area (Å²) in [7, 11) is 0. The molecular formula is C20H26Te. The summed E-state index contributed by atoms with van der Waals surface area (Å²) < 4.78 is 3.28. The molecule has 0 aromatic heterocycles. The maximum absolute atomic E-state index is 2.36. The van der Waals surface area contributed by atoms with Crippen LogP contribution in [0.2, 0.25) is 0 Å². The van der Waals surface area contributed by atoms with Crippen molar-refractivity contribution in [3.63, 3.8) is 0 Å². The van der Waals surface area contributed by atoms with Crippen LogP contribution in [0.25, 0.3) is 0 Å². The van der Waals surface area contributed by atoms with E-state index in [1.807, 2.05) is 0 Å². The second kappa shape index (κ2) is 9.29. The van der Waals surface area contributed by atoms with Gasteiger partial charge in [-0.15, -0.1) is 0 Å². The second-order valence-corrected chi connectivity index (χ2v) is 8.62. The molecule has 0 N–H and O–H groups in total. The van der Waals surface area contributed by atoms with Crippen LogP contribution in [0.3, 0.4) is 0 Å². The first-order valence-corrected chi connectivity index (χ1v) is 10.5. The molecule has 0 unspecified atom stereocenters. The van der Waals surface area contributed by atoms with Crippen molar-refractivity contribution in [3.8, 4) is 0 Å². The number of unbranched alkanes of at least 4 members (excludes halogenated alkanes) is 2. The van der Waals surface area contributed by atoms with Crippen molar-refractivity contribution in [2.24, 2.45) is 0 Å². The van der Waals surface area contributed by atoms with E-state index in [4.69, 9.17) is 0 Å². The molecule has 0 saturated heterocycles. The second-order valence-electron chi connectivity index (χ2n) is 5.52. The van der Waals surface area contributed by atoms with E-state index in [0.717, 1.165) is 0 Å². The van der Waals surface area contributed by atoms with Gasteiger partial charge in [0.25, 0.3) is 0 Å². The molecule has 0 amide bonds. The van der Waals surface area contributed by atoms with Gasteiger partial charge in [0.1, 0.15) is 0 Å². The summed E-state index contributed by atoms with van der Waals surface area (Å²) in [4.78, 5) is 0. The molecule has 2 aromatic rings. The third kappa shape index (κ3) is 5.17. The monoisotopic (exact) mass is 396 g/mol. The molecular weight excluding hydrogens is 368 g/mol. The van der Waals surface area contributed by atoms with Gasteiger partial charge < -0.3 is 0 Å². The molecule has 2 aromatic carbocycles. The van der Waals surface area contributed by atoms with Crippen LogP contribution in [0.5, 0.6) is 0 Å². The number of hydrogen-bond acceptors (Lipinski definition) is 0. The molecule has 0 aliphatic carbocycles. The molecule has 2 rings (SSSR count). The van der Waals surface area contributed by atoms with Crippen molar-refractivity contribution >= 4 is 28.1 Å². The summed E-state index contributed by atoms with van der Waals surface area (Å²) in [5.41, 5.74) is 3.18. The maximum atomic E-state index is 2.36. The van der Waals surface area contributed by atoms with E-state index in [2.05, 4.69) is 62.4 Å². The topological polar surface area (TPSA) is 0 Å². The van der Waals surface area contributed by atoms with Crippen LogP contribution in [0, 0.1) is 0 Å². The summed E-state index contributed by atoms with van der Waals surface area (Å²) in [6.45, 7) is 4.55. The molecule has 0 atom stereocenters. The van der Waals surface area contributed by atoms with Gasteiger partial charge in [-0.1, -0.05) is 0 Å². The van der Waals surface area contributed by atoms with Crippen molar-refractivity contribution in [1.29, 1.82) is 0 Å². The standard InChI is InChI=1S/C20H26Te/c1-3-5-11-17-13-7-9-15-19(17)21-20-16-10-8-14-18(20)12-6-4-2/h7-10,13-16H,3-6,11-12H2,1-2H3. The van der Waals surface area contributed by atoms with Crippen molar-refractivity contribution in [1.82, 2.24) is 0 Å². The van der Waals surface area contributed by atoms with Crippen molar-refractivity contribution in [3.05, 3.63) is 59.7 Å². The molecule has 0 radical (unpaired) electrons. The fourth-order valence-electron chi connectivity index (χ4n) is 2.47. The van der Waals surface area contributed by atoms with Gasteiger partial charge in [-0.3, -0.25) is 0 Å². The van der Waals surface area contributed by atoms with E-state index in [1.165, 1.54) is 38.5 Å². The first-order chi connectivity index (χ1) is 10.3. The van der Waals surface area contributed by atoms with E-state index in [-0.39, 0.29) is 20.9 Å². The third-order valence-corrected chi connectivity index (χ3v) is 7.29.